The molecule has 0 radical (unpaired) electrons. The lowest BCUT2D eigenvalue weighted by atomic mass is 9.72. The summed E-state index contributed by atoms with van der Waals surface area (Å²) in [5.74, 6) is -0.835. The Hall–Kier alpha value is -3.71. The summed E-state index contributed by atoms with van der Waals surface area (Å²) in [4.78, 5) is 32.8. The fourth-order valence-electron chi connectivity index (χ4n) is 6.14. The lowest BCUT2D eigenvalue weighted by Gasteiger charge is -2.35. The molecule has 0 bridgehead atoms. The monoisotopic (exact) mass is 557 g/mol. The molecule has 2 heterocycles. The van der Waals surface area contributed by atoms with E-state index in [2.05, 4.69) is 64.0 Å². The number of aromatic nitrogens is 1. The van der Waals surface area contributed by atoms with E-state index in [0.717, 1.165) is 22.4 Å². The Balaban J connectivity index is 1.81. The number of ether oxygens (including phenoxy) is 1. The molecule has 41 heavy (non-hydrogen) atoms. The summed E-state index contributed by atoms with van der Waals surface area (Å²) in [6.45, 7) is 13.2. The van der Waals surface area contributed by atoms with Gasteiger partial charge in [-0.3, -0.25) is 9.78 Å². The number of hydrogen-bond acceptors (Lipinski definition) is 5. The lowest BCUT2D eigenvalue weighted by Crippen LogP contribution is -2.48. The van der Waals surface area contributed by atoms with Gasteiger partial charge in [-0.25, -0.2) is 4.79 Å². The van der Waals surface area contributed by atoms with Gasteiger partial charge in [-0.2, -0.15) is 0 Å². The van der Waals surface area contributed by atoms with Crippen LogP contribution in [0.2, 0.25) is 0 Å². The Labute approximate surface area is 244 Å². The van der Waals surface area contributed by atoms with Gasteiger partial charge in [0.1, 0.15) is 11.8 Å². The Morgan fingerprint density at radius 3 is 2.27 bits per heavy atom. The van der Waals surface area contributed by atoms with E-state index in [4.69, 9.17) is 4.74 Å². The smallest absolute Gasteiger partial charge is 0.326 e. The van der Waals surface area contributed by atoms with Crippen molar-refractivity contribution in [2.24, 2.45) is 11.3 Å². The van der Waals surface area contributed by atoms with E-state index in [0.29, 0.717) is 6.54 Å². The van der Waals surface area contributed by atoms with Crippen LogP contribution < -0.4 is 10.1 Å². The van der Waals surface area contributed by atoms with Crippen molar-refractivity contribution in [1.29, 1.82) is 0 Å². The summed E-state index contributed by atoms with van der Waals surface area (Å²) < 4.78 is 5.71. The maximum Gasteiger partial charge on any atom is 0.326 e. The third-order valence-corrected chi connectivity index (χ3v) is 8.10. The minimum atomic E-state index is -1.01. The largest absolute Gasteiger partial charge is 0.496 e. The van der Waals surface area contributed by atoms with Crippen LogP contribution in [0.5, 0.6) is 5.75 Å². The van der Waals surface area contributed by atoms with E-state index >= 15 is 0 Å². The first kappa shape index (κ1) is 30.3. The van der Waals surface area contributed by atoms with Crippen molar-refractivity contribution >= 4 is 11.9 Å². The second-order valence-corrected chi connectivity index (χ2v) is 13.1. The highest BCUT2D eigenvalue weighted by Crippen LogP contribution is 2.48. The van der Waals surface area contributed by atoms with Gasteiger partial charge in [0.25, 0.3) is 0 Å². The van der Waals surface area contributed by atoms with E-state index < -0.39 is 23.5 Å². The number of carbonyl (C=O) groups is 2. The van der Waals surface area contributed by atoms with Gasteiger partial charge >= 0.3 is 5.97 Å². The number of amides is 1. The van der Waals surface area contributed by atoms with Gasteiger partial charge in [0.15, 0.2) is 0 Å². The number of carbonyl (C=O) groups excluding carboxylic acids is 1. The number of benzene rings is 2. The molecular formula is C34H43N3O4. The first-order valence-corrected chi connectivity index (χ1v) is 14.2. The van der Waals surface area contributed by atoms with Crippen molar-refractivity contribution in [3.05, 3.63) is 95.3 Å². The van der Waals surface area contributed by atoms with Crippen LogP contribution in [-0.4, -0.2) is 46.1 Å². The minimum Gasteiger partial charge on any atom is -0.496 e. The molecule has 1 aliphatic heterocycles. The molecule has 218 valence electrons. The number of nitrogens with zero attached hydrogens (tertiary/aromatic N) is 2. The molecule has 1 amide bonds. The Bertz CT molecular complexity index is 1350. The van der Waals surface area contributed by atoms with Gasteiger partial charge < -0.3 is 20.1 Å². The number of pyridine rings is 1. The van der Waals surface area contributed by atoms with Crippen molar-refractivity contribution < 1.29 is 19.4 Å². The number of methoxy groups -OCH3 is 1. The molecule has 1 fully saturated rings. The molecule has 4 atom stereocenters. The number of hydrogen-bond donors (Lipinski definition) is 2. The zero-order valence-electron chi connectivity index (χ0n) is 25.2. The van der Waals surface area contributed by atoms with Crippen LogP contribution >= 0.6 is 0 Å². The zero-order chi connectivity index (χ0) is 29.9. The molecule has 1 saturated heterocycles. The standard InChI is InChI=1S/C34H43N3O4/c1-33(2,3)25-15-16-26(41-7)24(19-25)21-36-29-28(34(4,5)6)31(32(39)40)37(30(29)23-13-9-8-10-14-23)27(38)18-22-12-11-17-35-20-22/h8-17,19-20,28-31,36H,18,21H2,1-7H3,(H,39,40)/t28-,29-,30-,31-/m0/s1. The number of nitrogens with one attached hydrogen (secondary N) is 1. The quantitative estimate of drug-likeness (QED) is 0.364. The molecule has 1 aromatic heterocycles. The average Bonchev–Trinajstić information content (AvgIpc) is 3.28. The average molecular weight is 558 g/mol. The van der Waals surface area contributed by atoms with Crippen molar-refractivity contribution in [3.8, 4) is 5.75 Å². The molecule has 1 aliphatic rings. The van der Waals surface area contributed by atoms with Gasteiger partial charge in [-0.15, -0.1) is 0 Å². The summed E-state index contributed by atoms with van der Waals surface area (Å²) in [6.07, 6.45) is 3.40. The Morgan fingerprint density at radius 2 is 1.71 bits per heavy atom. The van der Waals surface area contributed by atoms with E-state index in [1.165, 1.54) is 5.56 Å². The van der Waals surface area contributed by atoms with E-state index in [1.807, 2.05) is 42.5 Å². The fourth-order valence-corrected chi connectivity index (χ4v) is 6.14. The van der Waals surface area contributed by atoms with Crippen LogP contribution in [0.25, 0.3) is 0 Å². The van der Waals surface area contributed by atoms with Crippen LogP contribution in [0, 0.1) is 11.3 Å². The highest BCUT2D eigenvalue weighted by molar-refractivity contribution is 5.87. The van der Waals surface area contributed by atoms with Gasteiger partial charge in [-0.1, -0.05) is 90.1 Å². The molecule has 0 unspecified atom stereocenters. The summed E-state index contributed by atoms with van der Waals surface area (Å²) >= 11 is 0. The fraction of sp³-hybridized carbons (Fsp3) is 0.441. The van der Waals surface area contributed by atoms with Crippen LogP contribution in [-0.2, 0) is 28.0 Å². The maximum absolute atomic E-state index is 14.0. The van der Waals surface area contributed by atoms with Crippen LogP contribution in [0.4, 0.5) is 0 Å². The van der Waals surface area contributed by atoms with Crippen LogP contribution in [0.15, 0.2) is 73.1 Å². The van der Waals surface area contributed by atoms with E-state index in [9.17, 15) is 14.7 Å². The first-order valence-electron chi connectivity index (χ1n) is 14.2. The Kier molecular flexibility index (Phi) is 8.88. The molecule has 0 spiro atoms. The molecule has 7 heteroatoms. The molecule has 0 aliphatic carbocycles. The molecule has 2 N–H and O–H groups in total. The predicted octanol–water partition coefficient (Wildman–Crippen LogP) is 5.79. The Morgan fingerprint density at radius 1 is 1.00 bits per heavy atom. The number of carboxylic acid groups (broad SMARTS) is 1. The number of rotatable bonds is 8. The summed E-state index contributed by atoms with van der Waals surface area (Å²) in [7, 11) is 1.66. The third-order valence-electron chi connectivity index (χ3n) is 8.10. The van der Waals surface area contributed by atoms with Crippen LogP contribution in [0.3, 0.4) is 0 Å². The minimum absolute atomic E-state index is 0.0428. The highest BCUT2D eigenvalue weighted by Gasteiger charge is 2.57. The summed E-state index contributed by atoms with van der Waals surface area (Å²) in [6, 6.07) is 17.8. The lowest BCUT2D eigenvalue weighted by molar-refractivity contribution is -0.152. The molecule has 0 saturated carbocycles. The van der Waals surface area contributed by atoms with Crippen molar-refractivity contribution in [2.45, 2.75) is 78.0 Å². The van der Waals surface area contributed by atoms with Gasteiger partial charge in [0.2, 0.25) is 5.91 Å². The number of aliphatic carboxylic acids is 1. The summed E-state index contributed by atoms with van der Waals surface area (Å²) in [5, 5.41) is 14.4. The molecular weight excluding hydrogens is 514 g/mol. The highest BCUT2D eigenvalue weighted by atomic mass is 16.5. The SMILES string of the molecule is COc1ccc(C(C)(C)C)cc1CN[C@H]1[C@H](C(C)(C)C)[C@@H](C(=O)O)N(C(=O)Cc2cccnc2)[C@H]1c1ccccc1. The van der Waals surface area contributed by atoms with Crippen LogP contribution in [0.1, 0.15) is 69.8 Å². The zero-order valence-corrected chi connectivity index (χ0v) is 25.2. The summed E-state index contributed by atoms with van der Waals surface area (Å²) in [5.41, 5.74) is 3.36. The van der Waals surface area contributed by atoms with Crippen molar-refractivity contribution in [2.75, 3.05) is 7.11 Å². The van der Waals surface area contributed by atoms with E-state index in [1.54, 1.807) is 30.5 Å². The second-order valence-electron chi connectivity index (χ2n) is 13.1. The molecule has 2 aromatic carbocycles. The van der Waals surface area contributed by atoms with E-state index in [-0.39, 0.29) is 29.7 Å². The number of likely N-dealkylation sites (tertiary alicyclic amines) is 1. The van der Waals surface area contributed by atoms with Crippen molar-refractivity contribution in [1.82, 2.24) is 15.2 Å². The normalized spacial score (nSPS) is 21.1. The molecule has 3 aromatic rings. The second kappa shape index (κ2) is 12.0. The topological polar surface area (TPSA) is 91.8 Å². The third kappa shape index (κ3) is 6.62. The first-order chi connectivity index (χ1) is 19.3. The van der Waals surface area contributed by atoms with Gasteiger partial charge in [0, 0.05) is 36.5 Å². The van der Waals surface area contributed by atoms with Gasteiger partial charge in [-0.05, 0) is 39.7 Å². The predicted molar refractivity (Wildman–Crippen MR) is 161 cm³/mol. The maximum atomic E-state index is 14.0. The van der Waals surface area contributed by atoms with Crippen molar-refractivity contribution in [3.63, 3.8) is 0 Å². The molecule has 7 nitrogen and oxygen atoms in total. The number of carboxylic acids is 1. The van der Waals surface area contributed by atoms with Gasteiger partial charge in [0.05, 0.1) is 19.6 Å². The molecule has 4 rings (SSSR count).